The van der Waals surface area contributed by atoms with Crippen molar-refractivity contribution in [3.63, 3.8) is 0 Å². The van der Waals surface area contributed by atoms with Crippen molar-refractivity contribution in [1.29, 1.82) is 0 Å². The van der Waals surface area contributed by atoms with Crippen LogP contribution < -0.4 is 10.6 Å². The molecule has 0 atom stereocenters. The van der Waals surface area contributed by atoms with Crippen molar-refractivity contribution in [2.24, 2.45) is 12.0 Å². The van der Waals surface area contributed by atoms with Gasteiger partial charge in [0, 0.05) is 45.5 Å². The fourth-order valence-electron chi connectivity index (χ4n) is 3.58. The van der Waals surface area contributed by atoms with Crippen LogP contribution in [0.1, 0.15) is 29.7 Å². The van der Waals surface area contributed by atoms with Crippen molar-refractivity contribution in [2.45, 2.75) is 31.0 Å². The largest absolute Gasteiger partial charge is 0.416 e. The summed E-state index contributed by atoms with van der Waals surface area (Å²) in [5, 5.41) is 10.6. The maximum absolute atomic E-state index is 13.2. The molecule has 0 radical (unpaired) electrons. The Kier molecular flexibility index (Phi) is 8.53. The first kappa shape index (κ1) is 24.4. The SMILES string of the molecule is CN=C(NCc1ccnn1C)NCC1(c2cccc(C(F)(F)F)c2)CCOCC1.I. The Labute approximate surface area is 191 Å². The van der Waals surface area contributed by atoms with Crippen LogP contribution in [0.4, 0.5) is 13.2 Å². The van der Waals surface area contributed by atoms with Gasteiger partial charge in [-0.25, -0.2) is 0 Å². The van der Waals surface area contributed by atoms with E-state index in [4.69, 9.17) is 4.74 Å². The molecule has 1 aromatic carbocycles. The first-order valence-corrected chi connectivity index (χ1v) is 9.51. The molecule has 2 heterocycles. The second kappa shape index (κ2) is 10.5. The highest BCUT2D eigenvalue weighted by molar-refractivity contribution is 14.0. The number of guanidine groups is 1. The first-order valence-electron chi connectivity index (χ1n) is 9.51. The number of alkyl halides is 3. The van der Waals surface area contributed by atoms with Gasteiger partial charge in [0.1, 0.15) is 0 Å². The lowest BCUT2D eigenvalue weighted by Crippen LogP contribution is -2.48. The van der Waals surface area contributed by atoms with E-state index in [0.717, 1.165) is 11.8 Å². The minimum absolute atomic E-state index is 0. The van der Waals surface area contributed by atoms with E-state index in [1.165, 1.54) is 12.1 Å². The predicted octanol–water partition coefficient (Wildman–Crippen LogP) is 3.47. The van der Waals surface area contributed by atoms with Crippen LogP contribution in [0.5, 0.6) is 0 Å². The summed E-state index contributed by atoms with van der Waals surface area (Å²) >= 11 is 0. The third-order valence-electron chi connectivity index (χ3n) is 5.43. The van der Waals surface area contributed by atoms with Gasteiger partial charge in [0.2, 0.25) is 0 Å². The van der Waals surface area contributed by atoms with Crippen LogP contribution in [-0.4, -0.2) is 42.5 Å². The van der Waals surface area contributed by atoms with Crippen molar-refractivity contribution >= 4 is 29.9 Å². The van der Waals surface area contributed by atoms with Crippen LogP contribution >= 0.6 is 24.0 Å². The number of rotatable bonds is 5. The number of ether oxygens (including phenoxy) is 1. The Bertz CT molecular complexity index is 847. The topological polar surface area (TPSA) is 63.5 Å². The standard InChI is InChI=1S/C20H26F3N5O.HI/c1-24-18(25-13-17-6-9-27-28(17)2)26-14-19(7-10-29-11-8-19)15-4-3-5-16(12-15)20(21,22)23;/h3-6,9,12H,7-8,10-11,13-14H2,1-2H3,(H2,24,25,26);1H. The molecule has 1 aromatic heterocycles. The quantitative estimate of drug-likeness (QED) is 0.349. The molecule has 0 spiro atoms. The highest BCUT2D eigenvalue weighted by Crippen LogP contribution is 2.37. The first-order chi connectivity index (χ1) is 13.8. The zero-order valence-electron chi connectivity index (χ0n) is 17.0. The zero-order valence-corrected chi connectivity index (χ0v) is 19.3. The fraction of sp³-hybridized carbons (Fsp3) is 0.500. The molecule has 0 aliphatic carbocycles. The van der Waals surface area contributed by atoms with Gasteiger partial charge in [-0.2, -0.15) is 18.3 Å². The smallest absolute Gasteiger partial charge is 0.381 e. The molecule has 2 aromatic rings. The molecule has 0 saturated carbocycles. The van der Waals surface area contributed by atoms with E-state index in [1.807, 2.05) is 13.1 Å². The number of hydrogen-bond acceptors (Lipinski definition) is 3. The van der Waals surface area contributed by atoms with Crippen molar-refractivity contribution in [2.75, 3.05) is 26.8 Å². The number of hydrogen-bond donors (Lipinski definition) is 2. The minimum atomic E-state index is -4.36. The Hall–Kier alpha value is -1.82. The van der Waals surface area contributed by atoms with Gasteiger partial charge in [0.25, 0.3) is 0 Å². The van der Waals surface area contributed by atoms with Gasteiger partial charge in [-0.05, 0) is 30.5 Å². The summed E-state index contributed by atoms with van der Waals surface area (Å²) in [4.78, 5) is 4.24. The Morgan fingerprint density at radius 1 is 1.23 bits per heavy atom. The molecule has 6 nitrogen and oxygen atoms in total. The molecule has 10 heteroatoms. The van der Waals surface area contributed by atoms with E-state index >= 15 is 0 Å². The van der Waals surface area contributed by atoms with Crippen molar-refractivity contribution in [3.8, 4) is 0 Å². The highest BCUT2D eigenvalue weighted by Gasteiger charge is 2.37. The van der Waals surface area contributed by atoms with Crippen LogP contribution in [0, 0.1) is 0 Å². The van der Waals surface area contributed by atoms with Gasteiger partial charge in [-0.1, -0.05) is 18.2 Å². The average Bonchev–Trinajstić information content (AvgIpc) is 3.13. The second-order valence-electron chi connectivity index (χ2n) is 7.20. The number of nitrogens with one attached hydrogen (secondary N) is 2. The number of aryl methyl sites for hydroxylation is 1. The van der Waals surface area contributed by atoms with Crippen molar-refractivity contribution in [3.05, 3.63) is 53.3 Å². The Balaban J connectivity index is 0.00000320. The molecule has 0 bridgehead atoms. The third kappa shape index (κ3) is 5.87. The summed E-state index contributed by atoms with van der Waals surface area (Å²) in [6, 6.07) is 7.53. The molecule has 1 fully saturated rings. The second-order valence-corrected chi connectivity index (χ2v) is 7.20. The molecule has 1 saturated heterocycles. The maximum atomic E-state index is 13.2. The zero-order chi connectivity index (χ0) is 20.9. The normalized spacial score (nSPS) is 16.6. The Morgan fingerprint density at radius 3 is 2.57 bits per heavy atom. The van der Waals surface area contributed by atoms with Gasteiger partial charge >= 0.3 is 6.18 Å². The Morgan fingerprint density at radius 2 is 1.97 bits per heavy atom. The molecule has 3 rings (SSSR count). The molecule has 30 heavy (non-hydrogen) atoms. The summed E-state index contributed by atoms with van der Waals surface area (Å²) in [6.07, 6.45) is -1.37. The van der Waals surface area contributed by atoms with Gasteiger partial charge in [0.05, 0.1) is 17.8 Å². The van der Waals surface area contributed by atoms with Crippen LogP contribution in [0.3, 0.4) is 0 Å². The summed E-state index contributed by atoms with van der Waals surface area (Å²) in [5.41, 5.74) is 0.584. The lowest BCUT2D eigenvalue weighted by Gasteiger charge is -2.38. The molecule has 166 valence electrons. The van der Waals surface area contributed by atoms with Gasteiger partial charge in [-0.15, -0.1) is 24.0 Å². The molecule has 1 aliphatic rings. The van der Waals surface area contributed by atoms with Crippen LogP contribution in [0.25, 0.3) is 0 Å². The lowest BCUT2D eigenvalue weighted by atomic mass is 9.73. The lowest BCUT2D eigenvalue weighted by molar-refractivity contribution is -0.137. The summed E-state index contributed by atoms with van der Waals surface area (Å²) in [6.45, 7) is 2.02. The van der Waals surface area contributed by atoms with E-state index in [-0.39, 0.29) is 24.0 Å². The number of nitrogens with zero attached hydrogens (tertiary/aromatic N) is 3. The molecular weight excluding hydrogens is 510 g/mol. The molecule has 2 N–H and O–H groups in total. The highest BCUT2D eigenvalue weighted by atomic mass is 127. The van der Waals surface area contributed by atoms with E-state index in [1.54, 1.807) is 24.0 Å². The summed E-state index contributed by atoms with van der Waals surface area (Å²) in [7, 11) is 3.53. The number of aromatic nitrogens is 2. The predicted molar refractivity (Wildman–Crippen MR) is 120 cm³/mol. The number of aliphatic imine (C=N–C) groups is 1. The van der Waals surface area contributed by atoms with Crippen molar-refractivity contribution in [1.82, 2.24) is 20.4 Å². The minimum Gasteiger partial charge on any atom is -0.381 e. The fourth-order valence-corrected chi connectivity index (χ4v) is 3.58. The summed E-state index contributed by atoms with van der Waals surface area (Å²) in [5.74, 6) is 0.587. The molecule has 1 aliphatic heterocycles. The molecular formula is C20H27F3IN5O. The van der Waals surface area contributed by atoms with Gasteiger partial charge in [-0.3, -0.25) is 9.67 Å². The van der Waals surface area contributed by atoms with E-state index in [2.05, 4.69) is 20.7 Å². The summed E-state index contributed by atoms with van der Waals surface area (Å²) < 4.78 is 46.9. The number of halogens is 4. The molecule has 0 unspecified atom stereocenters. The third-order valence-corrected chi connectivity index (χ3v) is 5.43. The van der Waals surface area contributed by atoms with Gasteiger partial charge < -0.3 is 15.4 Å². The number of benzene rings is 1. The van der Waals surface area contributed by atoms with Crippen LogP contribution in [0.15, 0.2) is 41.5 Å². The van der Waals surface area contributed by atoms with Crippen molar-refractivity contribution < 1.29 is 17.9 Å². The average molecular weight is 537 g/mol. The van der Waals surface area contributed by atoms with Crippen LogP contribution in [0.2, 0.25) is 0 Å². The van der Waals surface area contributed by atoms with Crippen LogP contribution in [-0.2, 0) is 29.9 Å². The monoisotopic (exact) mass is 537 g/mol. The van der Waals surface area contributed by atoms with Gasteiger partial charge in [0.15, 0.2) is 5.96 Å². The maximum Gasteiger partial charge on any atom is 0.416 e. The van der Waals surface area contributed by atoms with E-state index < -0.39 is 17.2 Å². The van der Waals surface area contributed by atoms with E-state index in [9.17, 15) is 13.2 Å². The van der Waals surface area contributed by atoms with E-state index in [0.29, 0.717) is 50.7 Å². The molecule has 0 amide bonds.